The van der Waals surface area contributed by atoms with Gasteiger partial charge in [0.2, 0.25) is 17.6 Å². The highest BCUT2D eigenvalue weighted by Crippen LogP contribution is 2.25. The third-order valence-corrected chi connectivity index (χ3v) is 5.32. The normalized spacial score (nSPS) is 18.0. The van der Waals surface area contributed by atoms with Gasteiger partial charge < -0.3 is 14.6 Å². The molecule has 0 radical (unpaired) electrons. The number of methoxy groups -OCH3 is 1. The topological polar surface area (TPSA) is 80.5 Å². The van der Waals surface area contributed by atoms with E-state index in [1.54, 1.807) is 7.11 Å². The van der Waals surface area contributed by atoms with Crippen LogP contribution in [0.2, 0.25) is 0 Å². The number of benzene rings is 1. The summed E-state index contributed by atoms with van der Waals surface area (Å²) in [5.41, 5.74) is 2.33. The highest BCUT2D eigenvalue weighted by Gasteiger charge is 2.26. The SMILES string of the molecule is COCCNC(=O)C1CCCN(Cc2nc(-c3ccc(C(C)(C)C)cc3)no2)C1. The molecule has 7 nitrogen and oxygen atoms in total. The molecular formula is C22H32N4O3. The largest absolute Gasteiger partial charge is 0.383 e. The maximum atomic E-state index is 12.3. The number of ether oxygens (including phenoxy) is 1. The van der Waals surface area contributed by atoms with Crippen LogP contribution in [0, 0.1) is 5.92 Å². The fraction of sp³-hybridized carbons (Fsp3) is 0.591. The quantitative estimate of drug-likeness (QED) is 0.720. The maximum Gasteiger partial charge on any atom is 0.241 e. The second-order valence-corrected chi connectivity index (χ2v) is 8.70. The van der Waals surface area contributed by atoms with Crippen molar-refractivity contribution >= 4 is 5.91 Å². The van der Waals surface area contributed by atoms with Crippen LogP contribution in [-0.2, 0) is 21.5 Å². The summed E-state index contributed by atoms with van der Waals surface area (Å²) in [6.07, 6.45) is 1.89. The lowest BCUT2D eigenvalue weighted by Crippen LogP contribution is -2.43. The number of piperidine rings is 1. The fourth-order valence-corrected chi connectivity index (χ4v) is 3.58. The van der Waals surface area contributed by atoms with Crippen LogP contribution in [0.25, 0.3) is 11.4 Å². The Morgan fingerprint density at radius 1 is 1.31 bits per heavy atom. The molecule has 158 valence electrons. The summed E-state index contributed by atoms with van der Waals surface area (Å²) >= 11 is 0. The number of hydrogen-bond donors (Lipinski definition) is 1. The first-order chi connectivity index (χ1) is 13.9. The monoisotopic (exact) mass is 400 g/mol. The molecule has 0 aliphatic carbocycles. The van der Waals surface area contributed by atoms with Gasteiger partial charge in [-0.1, -0.05) is 50.2 Å². The van der Waals surface area contributed by atoms with Gasteiger partial charge in [0.15, 0.2) is 0 Å². The fourth-order valence-electron chi connectivity index (χ4n) is 3.58. The third-order valence-electron chi connectivity index (χ3n) is 5.32. The molecule has 1 atom stereocenters. The van der Waals surface area contributed by atoms with Crippen molar-refractivity contribution in [2.24, 2.45) is 5.92 Å². The van der Waals surface area contributed by atoms with E-state index in [1.807, 2.05) is 12.1 Å². The van der Waals surface area contributed by atoms with Crippen molar-refractivity contribution in [2.45, 2.75) is 45.6 Å². The van der Waals surface area contributed by atoms with Crippen molar-refractivity contribution in [1.29, 1.82) is 0 Å². The number of likely N-dealkylation sites (tertiary alicyclic amines) is 1. The van der Waals surface area contributed by atoms with Gasteiger partial charge in [0.05, 0.1) is 19.1 Å². The average Bonchev–Trinajstić information content (AvgIpc) is 3.16. The zero-order valence-corrected chi connectivity index (χ0v) is 17.9. The second-order valence-electron chi connectivity index (χ2n) is 8.70. The Morgan fingerprint density at radius 3 is 2.76 bits per heavy atom. The molecule has 1 aromatic carbocycles. The molecule has 1 saturated heterocycles. The molecule has 2 aromatic rings. The molecule has 1 N–H and O–H groups in total. The number of carbonyl (C=O) groups is 1. The van der Waals surface area contributed by atoms with E-state index in [4.69, 9.17) is 9.26 Å². The molecule has 7 heteroatoms. The molecule has 3 rings (SSSR count). The Balaban J connectivity index is 1.57. The molecule has 1 amide bonds. The zero-order valence-electron chi connectivity index (χ0n) is 17.9. The van der Waals surface area contributed by atoms with Gasteiger partial charge >= 0.3 is 0 Å². The van der Waals surface area contributed by atoms with Crippen molar-refractivity contribution in [3.8, 4) is 11.4 Å². The Bertz CT molecular complexity index is 795. The van der Waals surface area contributed by atoms with E-state index in [9.17, 15) is 4.79 Å². The summed E-state index contributed by atoms with van der Waals surface area (Å²) in [6, 6.07) is 8.30. The molecule has 2 heterocycles. The predicted molar refractivity (Wildman–Crippen MR) is 111 cm³/mol. The molecule has 1 unspecified atom stereocenters. The van der Waals surface area contributed by atoms with Crippen molar-refractivity contribution < 1.29 is 14.1 Å². The first kappa shape index (κ1) is 21.5. The van der Waals surface area contributed by atoms with E-state index < -0.39 is 0 Å². The van der Waals surface area contributed by atoms with Crippen LogP contribution in [0.4, 0.5) is 0 Å². The van der Waals surface area contributed by atoms with E-state index in [-0.39, 0.29) is 17.2 Å². The number of hydrogen-bond acceptors (Lipinski definition) is 6. The smallest absolute Gasteiger partial charge is 0.241 e. The minimum absolute atomic E-state index is 0.00654. The lowest BCUT2D eigenvalue weighted by Gasteiger charge is -2.30. The number of rotatable bonds is 7. The molecule has 1 aromatic heterocycles. The molecule has 1 aliphatic heterocycles. The van der Waals surface area contributed by atoms with Gasteiger partial charge in [0, 0.05) is 25.8 Å². The second kappa shape index (κ2) is 9.50. The molecule has 0 spiro atoms. The van der Waals surface area contributed by atoms with Crippen molar-refractivity contribution in [1.82, 2.24) is 20.4 Å². The summed E-state index contributed by atoms with van der Waals surface area (Å²) in [7, 11) is 1.63. The highest BCUT2D eigenvalue weighted by atomic mass is 16.5. The summed E-state index contributed by atoms with van der Waals surface area (Å²) in [5.74, 6) is 1.27. The van der Waals surface area contributed by atoms with E-state index in [2.05, 4.69) is 53.3 Å². The van der Waals surface area contributed by atoms with Crippen molar-refractivity contribution in [3.05, 3.63) is 35.7 Å². The van der Waals surface area contributed by atoms with E-state index >= 15 is 0 Å². The van der Waals surface area contributed by atoms with Crippen LogP contribution in [0.1, 0.15) is 45.1 Å². The Hall–Kier alpha value is -2.25. The van der Waals surface area contributed by atoms with Crippen molar-refractivity contribution in [2.75, 3.05) is 33.4 Å². The minimum Gasteiger partial charge on any atom is -0.383 e. The molecule has 1 fully saturated rings. The molecular weight excluding hydrogens is 368 g/mol. The van der Waals surface area contributed by atoms with E-state index in [1.165, 1.54) is 5.56 Å². The van der Waals surface area contributed by atoms with Crippen LogP contribution < -0.4 is 5.32 Å². The van der Waals surface area contributed by atoms with Crippen LogP contribution in [0.3, 0.4) is 0 Å². The van der Waals surface area contributed by atoms with Gasteiger partial charge in [-0.25, -0.2) is 0 Å². The maximum absolute atomic E-state index is 12.3. The number of carbonyl (C=O) groups excluding carboxylic acids is 1. The Labute approximate surface area is 172 Å². The van der Waals surface area contributed by atoms with E-state index in [0.29, 0.717) is 38.0 Å². The highest BCUT2D eigenvalue weighted by molar-refractivity contribution is 5.78. The number of nitrogens with zero attached hydrogens (tertiary/aromatic N) is 3. The van der Waals surface area contributed by atoms with Gasteiger partial charge in [-0.05, 0) is 30.4 Å². The Kier molecular flexibility index (Phi) is 7.03. The summed E-state index contributed by atoms with van der Waals surface area (Å²) < 4.78 is 10.5. The predicted octanol–water partition coefficient (Wildman–Crippen LogP) is 3.01. The van der Waals surface area contributed by atoms with Gasteiger partial charge in [-0.3, -0.25) is 9.69 Å². The standard InChI is InChI=1S/C22H32N4O3/c1-22(2,3)18-9-7-16(8-10-18)20-24-19(29-25-20)15-26-12-5-6-17(14-26)21(27)23-11-13-28-4/h7-10,17H,5-6,11-15H2,1-4H3,(H,23,27). The van der Waals surface area contributed by atoms with Crippen LogP contribution in [-0.4, -0.2) is 54.3 Å². The lowest BCUT2D eigenvalue weighted by atomic mass is 9.87. The molecule has 29 heavy (non-hydrogen) atoms. The van der Waals surface area contributed by atoms with Gasteiger partial charge in [-0.2, -0.15) is 4.98 Å². The molecule has 0 bridgehead atoms. The first-order valence-electron chi connectivity index (χ1n) is 10.3. The van der Waals surface area contributed by atoms with Gasteiger partial charge in [0.25, 0.3) is 0 Å². The summed E-state index contributed by atoms with van der Waals surface area (Å²) in [5, 5.41) is 7.08. The number of nitrogens with one attached hydrogen (secondary N) is 1. The molecule has 0 saturated carbocycles. The lowest BCUT2D eigenvalue weighted by molar-refractivity contribution is -0.127. The van der Waals surface area contributed by atoms with Crippen LogP contribution >= 0.6 is 0 Å². The Morgan fingerprint density at radius 2 is 2.07 bits per heavy atom. The zero-order chi connectivity index (χ0) is 20.9. The average molecular weight is 401 g/mol. The van der Waals surface area contributed by atoms with E-state index in [0.717, 1.165) is 24.9 Å². The molecule has 1 aliphatic rings. The van der Waals surface area contributed by atoms with Crippen molar-refractivity contribution in [3.63, 3.8) is 0 Å². The van der Waals surface area contributed by atoms with Crippen LogP contribution in [0.5, 0.6) is 0 Å². The minimum atomic E-state index is -0.00654. The third kappa shape index (κ3) is 5.87. The van der Waals surface area contributed by atoms with Crippen LogP contribution in [0.15, 0.2) is 28.8 Å². The van der Waals surface area contributed by atoms with Gasteiger partial charge in [-0.15, -0.1) is 0 Å². The number of aromatic nitrogens is 2. The summed E-state index contributed by atoms with van der Waals surface area (Å²) in [4.78, 5) is 19.1. The summed E-state index contributed by atoms with van der Waals surface area (Å²) in [6.45, 7) is 9.86. The van der Waals surface area contributed by atoms with Gasteiger partial charge in [0.1, 0.15) is 0 Å². The first-order valence-corrected chi connectivity index (χ1v) is 10.3. The number of amides is 1.